The quantitative estimate of drug-likeness (QED) is 0.713. The van der Waals surface area contributed by atoms with E-state index in [-0.39, 0.29) is 24.4 Å². The van der Waals surface area contributed by atoms with Gasteiger partial charge in [-0.1, -0.05) is 28.1 Å². The first-order valence-corrected chi connectivity index (χ1v) is 9.29. The van der Waals surface area contributed by atoms with Gasteiger partial charge in [0.15, 0.2) is 0 Å². The van der Waals surface area contributed by atoms with E-state index in [0.717, 1.165) is 35.6 Å². The Bertz CT molecular complexity index is 490. The zero-order chi connectivity index (χ0) is 16.7. The number of hydrogen-bond donors (Lipinski definition) is 2. The molecule has 1 amide bonds. The molecule has 0 saturated carbocycles. The maximum atomic E-state index is 12.2. The van der Waals surface area contributed by atoms with Crippen LogP contribution in [-0.4, -0.2) is 44.0 Å². The molecular weight excluding hydrogens is 390 g/mol. The second kappa shape index (κ2) is 11.1. The Kier molecular flexibility index (Phi) is 9.89. The molecule has 2 rings (SSSR count). The maximum Gasteiger partial charge on any atom is 0.234 e. The van der Waals surface area contributed by atoms with Crippen molar-refractivity contribution in [1.82, 2.24) is 15.5 Å². The summed E-state index contributed by atoms with van der Waals surface area (Å²) in [7, 11) is 2.01. The van der Waals surface area contributed by atoms with E-state index in [9.17, 15) is 4.79 Å². The van der Waals surface area contributed by atoms with Crippen LogP contribution in [0, 0.1) is 5.92 Å². The predicted octanol–water partition coefficient (Wildman–Crippen LogP) is 3.37. The van der Waals surface area contributed by atoms with Crippen LogP contribution in [0.2, 0.25) is 0 Å². The largest absolute Gasteiger partial charge is 0.348 e. The second-order valence-corrected chi connectivity index (χ2v) is 7.37. The van der Waals surface area contributed by atoms with E-state index < -0.39 is 0 Å². The number of nitrogens with zero attached hydrogens (tertiary/aromatic N) is 1. The molecule has 6 heteroatoms. The lowest BCUT2D eigenvalue weighted by Crippen LogP contribution is -2.42. The molecule has 1 saturated heterocycles. The van der Waals surface area contributed by atoms with E-state index >= 15 is 0 Å². The summed E-state index contributed by atoms with van der Waals surface area (Å²) in [6.45, 7) is 5.71. The maximum absolute atomic E-state index is 12.2. The minimum Gasteiger partial charge on any atom is -0.348 e. The average molecular weight is 419 g/mol. The molecule has 0 aromatic heterocycles. The molecule has 0 bridgehead atoms. The molecule has 1 aromatic rings. The van der Waals surface area contributed by atoms with E-state index in [4.69, 9.17) is 0 Å². The number of carbonyl (C=O) groups excluding carboxylic acids is 1. The number of amides is 1. The van der Waals surface area contributed by atoms with Gasteiger partial charge in [0, 0.05) is 4.47 Å². The van der Waals surface area contributed by atoms with Gasteiger partial charge in [-0.2, -0.15) is 0 Å². The molecular formula is C18H29BrClN3O. The summed E-state index contributed by atoms with van der Waals surface area (Å²) in [6, 6.07) is 8.15. The monoisotopic (exact) mass is 417 g/mol. The third-order valence-electron chi connectivity index (χ3n) is 4.62. The van der Waals surface area contributed by atoms with E-state index in [0.29, 0.717) is 6.54 Å². The van der Waals surface area contributed by atoms with E-state index in [1.807, 2.05) is 38.2 Å². The number of halogens is 2. The number of likely N-dealkylation sites (tertiary alicyclic amines) is 1. The molecule has 1 aromatic carbocycles. The number of rotatable bonds is 7. The van der Waals surface area contributed by atoms with Crippen LogP contribution in [0.15, 0.2) is 28.7 Å². The van der Waals surface area contributed by atoms with E-state index in [2.05, 4.69) is 31.5 Å². The van der Waals surface area contributed by atoms with Crippen molar-refractivity contribution in [3.8, 4) is 0 Å². The molecule has 136 valence electrons. The van der Waals surface area contributed by atoms with Crippen molar-refractivity contribution >= 4 is 34.2 Å². The Morgan fingerprint density at radius 2 is 1.92 bits per heavy atom. The van der Waals surface area contributed by atoms with E-state index in [1.165, 1.54) is 19.3 Å². The highest BCUT2D eigenvalue weighted by Gasteiger charge is 2.21. The average Bonchev–Trinajstić information content (AvgIpc) is 2.54. The highest BCUT2D eigenvalue weighted by atomic mass is 79.9. The van der Waals surface area contributed by atoms with Crippen molar-refractivity contribution in [3.05, 3.63) is 34.3 Å². The lowest BCUT2D eigenvalue weighted by atomic mass is 9.93. The fourth-order valence-electron chi connectivity index (χ4n) is 3.11. The van der Waals surface area contributed by atoms with Gasteiger partial charge in [-0.05, 0) is 76.5 Å². The molecule has 1 fully saturated rings. The zero-order valence-electron chi connectivity index (χ0n) is 14.6. The van der Waals surface area contributed by atoms with Crippen molar-refractivity contribution in [2.45, 2.75) is 32.2 Å². The molecule has 0 aliphatic carbocycles. The topological polar surface area (TPSA) is 44.4 Å². The van der Waals surface area contributed by atoms with Crippen LogP contribution < -0.4 is 10.6 Å². The van der Waals surface area contributed by atoms with Gasteiger partial charge >= 0.3 is 0 Å². The first-order valence-electron chi connectivity index (χ1n) is 8.50. The zero-order valence-corrected chi connectivity index (χ0v) is 17.0. The summed E-state index contributed by atoms with van der Waals surface area (Å²) in [6.07, 6.45) is 3.66. The van der Waals surface area contributed by atoms with Gasteiger partial charge in [-0.3, -0.25) is 9.69 Å². The number of piperidine rings is 1. The van der Waals surface area contributed by atoms with Crippen molar-refractivity contribution in [2.24, 2.45) is 5.92 Å². The van der Waals surface area contributed by atoms with Crippen molar-refractivity contribution < 1.29 is 4.79 Å². The van der Waals surface area contributed by atoms with Crippen LogP contribution in [0.5, 0.6) is 0 Å². The minimum absolute atomic E-state index is 0. The summed E-state index contributed by atoms with van der Waals surface area (Å²) in [5, 5.41) is 6.32. The van der Waals surface area contributed by atoms with Gasteiger partial charge in [0.1, 0.15) is 0 Å². The van der Waals surface area contributed by atoms with Crippen LogP contribution in [-0.2, 0) is 4.79 Å². The van der Waals surface area contributed by atoms with Crippen LogP contribution in [0.1, 0.15) is 37.8 Å². The van der Waals surface area contributed by atoms with Gasteiger partial charge in [-0.15, -0.1) is 12.4 Å². The SMILES string of the molecule is CNCCC1CCN(CC(=O)NC(C)c2ccc(Br)cc2)CC1.Cl. The van der Waals surface area contributed by atoms with Gasteiger partial charge in [0.05, 0.1) is 12.6 Å². The molecule has 1 heterocycles. The van der Waals surface area contributed by atoms with Gasteiger partial charge in [0.2, 0.25) is 5.91 Å². The number of nitrogens with one attached hydrogen (secondary N) is 2. The smallest absolute Gasteiger partial charge is 0.234 e. The number of hydrogen-bond acceptors (Lipinski definition) is 3. The Balaban J connectivity index is 0.00000288. The Hall–Kier alpha value is -0.620. The molecule has 1 unspecified atom stereocenters. The van der Waals surface area contributed by atoms with Gasteiger partial charge in [0.25, 0.3) is 0 Å². The molecule has 4 nitrogen and oxygen atoms in total. The lowest BCUT2D eigenvalue weighted by Gasteiger charge is -2.31. The minimum atomic E-state index is 0. The van der Waals surface area contributed by atoms with Crippen LogP contribution in [0.4, 0.5) is 0 Å². The molecule has 1 aliphatic heterocycles. The molecule has 0 radical (unpaired) electrons. The van der Waals surface area contributed by atoms with Gasteiger partial charge in [-0.25, -0.2) is 0 Å². The fraction of sp³-hybridized carbons (Fsp3) is 0.611. The Morgan fingerprint density at radius 1 is 1.29 bits per heavy atom. The summed E-state index contributed by atoms with van der Waals surface area (Å²) < 4.78 is 1.06. The summed E-state index contributed by atoms with van der Waals surface area (Å²) in [5.41, 5.74) is 1.13. The van der Waals surface area contributed by atoms with Crippen molar-refractivity contribution in [2.75, 3.05) is 33.2 Å². The molecule has 1 aliphatic rings. The molecule has 1 atom stereocenters. The second-order valence-electron chi connectivity index (χ2n) is 6.45. The molecule has 2 N–H and O–H groups in total. The van der Waals surface area contributed by atoms with E-state index in [1.54, 1.807) is 0 Å². The molecule has 24 heavy (non-hydrogen) atoms. The highest BCUT2D eigenvalue weighted by molar-refractivity contribution is 9.10. The third-order valence-corrected chi connectivity index (χ3v) is 5.15. The number of benzene rings is 1. The standard InChI is InChI=1S/C18H28BrN3O.ClH/c1-14(16-3-5-17(19)6-4-16)21-18(23)13-22-11-8-15(9-12-22)7-10-20-2;/h3-6,14-15,20H,7-13H2,1-2H3,(H,21,23);1H. The Morgan fingerprint density at radius 3 is 2.50 bits per heavy atom. The van der Waals surface area contributed by atoms with Crippen LogP contribution in [0.25, 0.3) is 0 Å². The number of carbonyl (C=O) groups is 1. The predicted molar refractivity (Wildman–Crippen MR) is 106 cm³/mol. The first kappa shape index (κ1) is 21.4. The first-order chi connectivity index (χ1) is 11.1. The highest BCUT2D eigenvalue weighted by Crippen LogP contribution is 2.20. The van der Waals surface area contributed by atoms with Gasteiger partial charge < -0.3 is 10.6 Å². The third kappa shape index (κ3) is 7.09. The fourth-order valence-corrected chi connectivity index (χ4v) is 3.37. The summed E-state index contributed by atoms with van der Waals surface area (Å²) in [5.74, 6) is 0.928. The molecule has 0 spiro atoms. The Labute approximate surface area is 160 Å². The van der Waals surface area contributed by atoms with Crippen LogP contribution in [0.3, 0.4) is 0 Å². The summed E-state index contributed by atoms with van der Waals surface area (Å²) >= 11 is 3.43. The lowest BCUT2D eigenvalue weighted by molar-refractivity contribution is -0.123. The van der Waals surface area contributed by atoms with Crippen molar-refractivity contribution in [3.63, 3.8) is 0 Å². The van der Waals surface area contributed by atoms with Crippen molar-refractivity contribution in [1.29, 1.82) is 0 Å². The summed E-state index contributed by atoms with van der Waals surface area (Å²) in [4.78, 5) is 14.5. The normalized spacial score (nSPS) is 17.1. The van der Waals surface area contributed by atoms with Crippen LogP contribution >= 0.6 is 28.3 Å².